The molecule has 0 atom stereocenters. The van der Waals surface area contributed by atoms with Gasteiger partial charge in [0.1, 0.15) is 5.54 Å². The van der Waals surface area contributed by atoms with Crippen molar-refractivity contribution in [3.05, 3.63) is 11.7 Å². The van der Waals surface area contributed by atoms with Crippen LogP contribution in [0.15, 0.2) is 4.52 Å². The maximum absolute atomic E-state index is 12.5. The molecule has 0 spiro atoms. The largest absolute Gasteiger partial charge is 0.343 e. The Morgan fingerprint density at radius 1 is 1.30 bits per heavy atom. The van der Waals surface area contributed by atoms with Crippen LogP contribution in [0.3, 0.4) is 0 Å². The summed E-state index contributed by atoms with van der Waals surface area (Å²) in [5.74, 6) is -0.466. The smallest absolute Gasteiger partial charge is 0.315 e. The molecule has 1 aromatic heterocycles. The van der Waals surface area contributed by atoms with E-state index in [1.807, 2.05) is 0 Å². The van der Waals surface area contributed by atoms with Crippen molar-refractivity contribution in [2.45, 2.75) is 56.9 Å². The molecule has 0 unspecified atom stereocenters. The van der Waals surface area contributed by atoms with Gasteiger partial charge in [-0.25, -0.2) is 0 Å². The number of carbonyl (C=O) groups excluding carboxylic acids is 1. The summed E-state index contributed by atoms with van der Waals surface area (Å²) in [7, 11) is 0. The normalized spacial score (nSPS) is 21.9. The fourth-order valence-electron chi connectivity index (χ4n) is 2.98. The average Bonchev–Trinajstić information content (AvgIpc) is 3.03. The number of hydrogen-bond acceptors (Lipinski definition) is 4. The third-order valence-corrected chi connectivity index (χ3v) is 4.35. The van der Waals surface area contributed by atoms with E-state index >= 15 is 0 Å². The molecule has 2 fully saturated rings. The Kier molecular flexibility index (Phi) is 3.43. The van der Waals surface area contributed by atoms with Gasteiger partial charge in [-0.1, -0.05) is 18.0 Å². The van der Waals surface area contributed by atoms with E-state index in [4.69, 9.17) is 0 Å². The molecule has 1 heterocycles. The summed E-state index contributed by atoms with van der Waals surface area (Å²) in [6.45, 7) is 0. The minimum Gasteiger partial charge on any atom is -0.343 e. The van der Waals surface area contributed by atoms with E-state index in [0.29, 0.717) is 12.8 Å². The van der Waals surface area contributed by atoms with Crippen molar-refractivity contribution in [2.75, 3.05) is 0 Å². The van der Waals surface area contributed by atoms with E-state index in [9.17, 15) is 13.6 Å². The van der Waals surface area contributed by atoms with Crippen LogP contribution in [0, 0.1) is 5.92 Å². The number of alkyl halides is 2. The SMILES string of the molecule is O=C(NC1(c2noc(C(F)F)n2)CCC1)C1CCCC1. The van der Waals surface area contributed by atoms with Crippen LogP contribution in [0.1, 0.15) is 63.1 Å². The molecule has 20 heavy (non-hydrogen) atoms. The van der Waals surface area contributed by atoms with Gasteiger partial charge in [-0.3, -0.25) is 4.79 Å². The monoisotopic (exact) mass is 285 g/mol. The summed E-state index contributed by atoms with van der Waals surface area (Å²) in [6, 6.07) is 0. The molecule has 110 valence electrons. The topological polar surface area (TPSA) is 68.0 Å². The summed E-state index contributed by atoms with van der Waals surface area (Å²) in [4.78, 5) is 16.0. The second kappa shape index (κ2) is 5.10. The van der Waals surface area contributed by atoms with Gasteiger partial charge in [0.25, 0.3) is 5.89 Å². The highest BCUT2D eigenvalue weighted by molar-refractivity contribution is 5.79. The highest BCUT2D eigenvalue weighted by atomic mass is 19.3. The molecule has 7 heteroatoms. The Hall–Kier alpha value is -1.53. The molecule has 0 radical (unpaired) electrons. The molecule has 0 saturated heterocycles. The van der Waals surface area contributed by atoms with Crippen molar-refractivity contribution in [2.24, 2.45) is 5.92 Å². The van der Waals surface area contributed by atoms with Gasteiger partial charge in [-0.05, 0) is 32.1 Å². The molecule has 0 bridgehead atoms. The van der Waals surface area contributed by atoms with Crippen LogP contribution < -0.4 is 5.32 Å². The minimum absolute atomic E-state index is 0.00871. The first-order valence-electron chi connectivity index (χ1n) is 7.05. The first kappa shape index (κ1) is 13.5. The molecule has 3 rings (SSSR count). The Bertz CT molecular complexity index is 494. The van der Waals surface area contributed by atoms with Gasteiger partial charge in [0.15, 0.2) is 5.82 Å². The summed E-state index contributed by atoms with van der Waals surface area (Å²) in [6.07, 6.45) is 3.43. The molecular formula is C13H17F2N3O2. The van der Waals surface area contributed by atoms with Crippen LogP contribution in [0.4, 0.5) is 8.78 Å². The zero-order valence-corrected chi connectivity index (χ0v) is 11.1. The van der Waals surface area contributed by atoms with Crippen LogP contribution in [0.5, 0.6) is 0 Å². The van der Waals surface area contributed by atoms with Crippen LogP contribution in [0.2, 0.25) is 0 Å². The van der Waals surface area contributed by atoms with Gasteiger partial charge in [-0.15, -0.1) is 0 Å². The summed E-state index contributed by atoms with van der Waals surface area (Å²) < 4.78 is 29.6. The Balaban J connectivity index is 1.74. The molecule has 2 aliphatic rings. The van der Waals surface area contributed by atoms with Crippen molar-refractivity contribution in [1.82, 2.24) is 15.5 Å². The molecule has 1 N–H and O–H groups in total. The number of halogens is 2. The van der Waals surface area contributed by atoms with E-state index in [1.54, 1.807) is 0 Å². The predicted molar refractivity (Wildman–Crippen MR) is 64.9 cm³/mol. The van der Waals surface area contributed by atoms with Gasteiger partial charge in [0.05, 0.1) is 0 Å². The number of hydrogen-bond donors (Lipinski definition) is 1. The van der Waals surface area contributed by atoms with Gasteiger partial charge < -0.3 is 9.84 Å². The lowest BCUT2D eigenvalue weighted by atomic mass is 9.75. The lowest BCUT2D eigenvalue weighted by Gasteiger charge is -2.40. The standard InChI is InChI=1S/C13H17F2N3O2/c14-9(15)11-16-12(18-20-11)13(6-3-7-13)17-10(19)8-4-1-2-5-8/h8-9H,1-7H2,(H,17,19). The minimum atomic E-state index is -2.78. The first-order valence-corrected chi connectivity index (χ1v) is 7.05. The molecule has 5 nitrogen and oxygen atoms in total. The molecule has 0 aliphatic heterocycles. The lowest BCUT2D eigenvalue weighted by molar-refractivity contribution is -0.128. The molecule has 1 amide bonds. The number of aromatic nitrogens is 2. The molecule has 2 aliphatic carbocycles. The summed E-state index contributed by atoms with van der Waals surface area (Å²) >= 11 is 0. The second-order valence-corrected chi connectivity index (χ2v) is 5.66. The van der Waals surface area contributed by atoms with E-state index in [2.05, 4.69) is 20.0 Å². The second-order valence-electron chi connectivity index (χ2n) is 5.66. The van der Waals surface area contributed by atoms with Crippen LogP contribution in [0.25, 0.3) is 0 Å². The van der Waals surface area contributed by atoms with E-state index < -0.39 is 17.9 Å². The van der Waals surface area contributed by atoms with Crippen molar-refractivity contribution >= 4 is 5.91 Å². The summed E-state index contributed by atoms with van der Waals surface area (Å²) in [5.41, 5.74) is -0.698. The van der Waals surface area contributed by atoms with E-state index in [1.165, 1.54) is 0 Å². The van der Waals surface area contributed by atoms with Crippen molar-refractivity contribution in [1.29, 1.82) is 0 Å². The highest BCUT2D eigenvalue weighted by Crippen LogP contribution is 2.41. The average molecular weight is 285 g/mol. The van der Waals surface area contributed by atoms with Gasteiger partial charge >= 0.3 is 6.43 Å². The Morgan fingerprint density at radius 2 is 2.00 bits per heavy atom. The van der Waals surface area contributed by atoms with E-state index in [-0.39, 0.29) is 17.6 Å². The third kappa shape index (κ3) is 2.29. The predicted octanol–water partition coefficient (Wildman–Crippen LogP) is 2.69. The van der Waals surface area contributed by atoms with Gasteiger partial charge in [-0.2, -0.15) is 13.8 Å². The van der Waals surface area contributed by atoms with E-state index in [0.717, 1.165) is 32.1 Å². The van der Waals surface area contributed by atoms with Gasteiger partial charge in [0.2, 0.25) is 5.91 Å². The van der Waals surface area contributed by atoms with Crippen LogP contribution >= 0.6 is 0 Å². The van der Waals surface area contributed by atoms with Crippen molar-refractivity contribution in [3.8, 4) is 0 Å². The lowest BCUT2D eigenvalue weighted by Crippen LogP contribution is -2.53. The fourth-order valence-corrected chi connectivity index (χ4v) is 2.98. The highest BCUT2D eigenvalue weighted by Gasteiger charge is 2.45. The Labute approximate surface area is 115 Å². The quantitative estimate of drug-likeness (QED) is 0.923. The molecule has 1 aromatic rings. The molecule has 2 saturated carbocycles. The molecule has 0 aromatic carbocycles. The van der Waals surface area contributed by atoms with Gasteiger partial charge in [0, 0.05) is 5.92 Å². The zero-order chi connectivity index (χ0) is 14.2. The number of amides is 1. The van der Waals surface area contributed by atoms with Crippen molar-refractivity contribution < 1.29 is 18.1 Å². The number of carbonyl (C=O) groups is 1. The van der Waals surface area contributed by atoms with Crippen LogP contribution in [-0.2, 0) is 10.3 Å². The Morgan fingerprint density at radius 3 is 2.50 bits per heavy atom. The number of rotatable bonds is 4. The fraction of sp³-hybridized carbons (Fsp3) is 0.769. The number of nitrogens with zero attached hydrogens (tertiary/aromatic N) is 2. The van der Waals surface area contributed by atoms with Crippen LogP contribution in [-0.4, -0.2) is 16.0 Å². The zero-order valence-electron chi connectivity index (χ0n) is 11.1. The summed E-state index contributed by atoms with van der Waals surface area (Å²) in [5, 5.41) is 6.60. The number of nitrogens with one attached hydrogen (secondary N) is 1. The molecular weight excluding hydrogens is 268 g/mol. The first-order chi connectivity index (χ1) is 9.61. The van der Waals surface area contributed by atoms with Crippen molar-refractivity contribution in [3.63, 3.8) is 0 Å². The third-order valence-electron chi connectivity index (χ3n) is 4.35. The maximum atomic E-state index is 12.5. The maximum Gasteiger partial charge on any atom is 0.315 e.